The first kappa shape index (κ1) is 26.1. The maximum Gasteiger partial charge on any atom is 0.330 e. The van der Waals surface area contributed by atoms with Crippen molar-refractivity contribution < 1.29 is 29.0 Å². The van der Waals surface area contributed by atoms with Crippen LogP contribution in [0.15, 0.2) is 78.9 Å². The van der Waals surface area contributed by atoms with Crippen LogP contribution in [-0.2, 0) is 14.3 Å². The van der Waals surface area contributed by atoms with E-state index in [1.54, 1.807) is 31.4 Å². The van der Waals surface area contributed by atoms with Crippen molar-refractivity contribution in [2.24, 2.45) is 5.92 Å². The summed E-state index contributed by atoms with van der Waals surface area (Å²) in [5.74, 6) is -3.03. The average molecular weight is 502 g/mol. The number of likely N-dealkylation sites (tertiary alicyclic amines) is 1. The van der Waals surface area contributed by atoms with Gasteiger partial charge in [0.25, 0.3) is 0 Å². The Morgan fingerprint density at radius 3 is 2.05 bits per heavy atom. The summed E-state index contributed by atoms with van der Waals surface area (Å²) < 4.78 is 10.4. The molecule has 4 atom stereocenters. The third-order valence-electron chi connectivity index (χ3n) is 7.31. The number of carboxylic acids is 1. The normalized spacial score (nSPS) is 23.0. The van der Waals surface area contributed by atoms with Crippen LogP contribution in [0.1, 0.15) is 45.9 Å². The first-order chi connectivity index (χ1) is 17.7. The second kappa shape index (κ2) is 10.6. The molecule has 1 amide bonds. The molecule has 1 aliphatic heterocycles. The number of carbonyl (C=O) groups excluding carboxylic acids is 2. The Morgan fingerprint density at radius 2 is 1.51 bits per heavy atom. The molecule has 1 N–H and O–H groups in total. The average Bonchev–Trinajstić information content (AvgIpc) is 3.19. The topological polar surface area (TPSA) is 93.1 Å². The van der Waals surface area contributed by atoms with E-state index >= 15 is 0 Å². The summed E-state index contributed by atoms with van der Waals surface area (Å²) in [7, 11) is 2.94. The zero-order chi connectivity index (χ0) is 26.7. The zero-order valence-corrected chi connectivity index (χ0v) is 21.4. The van der Waals surface area contributed by atoms with Gasteiger partial charge in [0.15, 0.2) is 5.78 Å². The quantitative estimate of drug-likeness (QED) is 0.452. The molecule has 0 spiro atoms. The Labute approximate surface area is 216 Å². The number of hydrogen-bond acceptors (Lipinski definition) is 5. The first-order valence-corrected chi connectivity index (χ1v) is 12.1. The summed E-state index contributed by atoms with van der Waals surface area (Å²) in [4.78, 5) is 42.3. The molecule has 7 heteroatoms. The van der Waals surface area contributed by atoms with Gasteiger partial charge in [-0.25, -0.2) is 4.79 Å². The predicted molar refractivity (Wildman–Crippen MR) is 139 cm³/mol. The third kappa shape index (κ3) is 4.62. The minimum atomic E-state index is -1.72. The number of ketones is 1. The van der Waals surface area contributed by atoms with E-state index in [0.717, 1.165) is 5.56 Å². The smallest absolute Gasteiger partial charge is 0.330 e. The van der Waals surface area contributed by atoms with Gasteiger partial charge in [0.2, 0.25) is 5.91 Å². The van der Waals surface area contributed by atoms with E-state index in [9.17, 15) is 19.5 Å². The maximum absolute atomic E-state index is 14.3. The highest BCUT2D eigenvalue weighted by molar-refractivity contribution is 6.02. The van der Waals surface area contributed by atoms with Crippen molar-refractivity contribution in [1.82, 2.24) is 4.90 Å². The molecule has 0 saturated carbocycles. The molecule has 1 heterocycles. The fourth-order valence-electron chi connectivity index (χ4n) is 5.53. The van der Waals surface area contributed by atoms with Crippen LogP contribution in [0.3, 0.4) is 0 Å². The van der Waals surface area contributed by atoms with Crippen LogP contribution in [0.4, 0.5) is 0 Å². The fourth-order valence-corrected chi connectivity index (χ4v) is 5.53. The molecule has 4 unspecified atom stereocenters. The number of Topliss-reactive ketones (excluding diaryl/α,β-unsaturated/α-hetero) is 1. The number of carbonyl (C=O) groups is 3. The number of amides is 1. The monoisotopic (exact) mass is 501 g/mol. The molecule has 0 radical (unpaired) electrons. The molecule has 7 nitrogen and oxygen atoms in total. The molecule has 1 saturated heterocycles. The summed E-state index contributed by atoms with van der Waals surface area (Å²) in [6, 6.07) is 22.5. The number of benzene rings is 3. The van der Waals surface area contributed by atoms with E-state index in [-0.39, 0.29) is 12.4 Å². The number of ether oxygens (including phenoxy) is 2. The van der Waals surface area contributed by atoms with Crippen LogP contribution >= 0.6 is 0 Å². The molecule has 0 aliphatic carbocycles. The summed E-state index contributed by atoms with van der Waals surface area (Å²) in [6.07, 6.45) is 0. The standard InChI is InChI=1S/C30H31NO6/c1-19-10-12-21(13-11-19)27-25(28(33)22-14-16-23(37-4)17-15-22)26(20-8-6-5-7-9-20)30(2,29(34)35)31(27)24(32)18-36-3/h5-17,25-27H,18H2,1-4H3,(H,34,35). The summed E-state index contributed by atoms with van der Waals surface area (Å²) in [5.41, 5.74) is 1.06. The van der Waals surface area contributed by atoms with Gasteiger partial charge in [-0.2, -0.15) is 0 Å². The van der Waals surface area contributed by atoms with Gasteiger partial charge in [0, 0.05) is 18.6 Å². The second-order valence-corrected chi connectivity index (χ2v) is 9.51. The molecule has 1 fully saturated rings. The van der Waals surface area contributed by atoms with Crippen LogP contribution in [-0.4, -0.2) is 54.0 Å². The molecule has 3 aromatic rings. The van der Waals surface area contributed by atoms with E-state index < -0.39 is 35.3 Å². The number of aliphatic carboxylic acids is 1. The minimum Gasteiger partial charge on any atom is -0.497 e. The lowest BCUT2D eigenvalue weighted by Gasteiger charge is -2.37. The summed E-state index contributed by atoms with van der Waals surface area (Å²) in [6.45, 7) is 3.17. The van der Waals surface area contributed by atoms with Gasteiger partial charge >= 0.3 is 5.97 Å². The second-order valence-electron chi connectivity index (χ2n) is 9.51. The molecule has 192 valence electrons. The van der Waals surface area contributed by atoms with Gasteiger partial charge in [-0.15, -0.1) is 0 Å². The zero-order valence-electron chi connectivity index (χ0n) is 21.4. The van der Waals surface area contributed by atoms with E-state index in [1.165, 1.54) is 18.9 Å². The Hall–Kier alpha value is -3.97. The van der Waals surface area contributed by atoms with E-state index in [2.05, 4.69) is 0 Å². The van der Waals surface area contributed by atoms with E-state index in [4.69, 9.17) is 9.47 Å². The predicted octanol–water partition coefficient (Wildman–Crippen LogP) is 4.66. The fraction of sp³-hybridized carbons (Fsp3) is 0.300. The van der Waals surface area contributed by atoms with Crippen molar-refractivity contribution in [3.8, 4) is 5.75 Å². The number of carboxylic acid groups (broad SMARTS) is 1. The maximum atomic E-state index is 14.3. The molecular weight excluding hydrogens is 470 g/mol. The van der Waals surface area contributed by atoms with Crippen molar-refractivity contribution in [2.45, 2.75) is 31.3 Å². The number of rotatable bonds is 8. The third-order valence-corrected chi connectivity index (χ3v) is 7.31. The molecule has 37 heavy (non-hydrogen) atoms. The SMILES string of the molecule is COCC(=O)N1C(c2ccc(C)cc2)C(C(=O)c2ccc(OC)cc2)C(c2ccccc2)C1(C)C(=O)O. The van der Waals surface area contributed by atoms with Crippen LogP contribution in [0.25, 0.3) is 0 Å². The van der Waals surface area contributed by atoms with Crippen molar-refractivity contribution in [2.75, 3.05) is 20.8 Å². The highest BCUT2D eigenvalue weighted by atomic mass is 16.5. The highest BCUT2D eigenvalue weighted by Gasteiger charge is 2.64. The molecule has 0 aromatic heterocycles. The van der Waals surface area contributed by atoms with Gasteiger partial charge in [0.05, 0.1) is 19.1 Å². The number of aryl methyl sites for hydroxylation is 1. The summed E-state index contributed by atoms with van der Waals surface area (Å²) in [5, 5.41) is 10.7. The molecule has 4 rings (SSSR count). The van der Waals surface area contributed by atoms with Crippen LogP contribution in [0.2, 0.25) is 0 Å². The Kier molecular flexibility index (Phi) is 7.45. The lowest BCUT2D eigenvalue weighted by atomic mass is 9.71. The van der Waals surface area contributed by atoms with Gasteiger partial charge in [-0.1, -0.05) is 60.2 Å². The molecule has 0 bridgehead atoms. The summed E-state index contributed by atoms with van der Waals surface area (Å²) >= 11 is 0. The van der Waals surface area contributed by atoms with E-state index in [1.807, 2.05) is 61.5 Å². The van der Waals surface area contributed by atoms with Crippen LogP contribution in [0.5, 0.6) is 5.75 Å². The number of nitrogens with zero attached hydrogens (tertiary/aromatic N) is 1. The number of methoxy groups -OCH3 is 2. The molecule has 3 aromatic carbocycles. The van der Waals surface area contributed by atoms with Crippen molar-refractivity contribution in [3.63, 3.8) is 0 Å². The first-order valence-electron chi connectivity index (χ1n) is 12.1. The van der Waals surface area contributed by atoms with E-state index in [0.29, 0.717) is 22.4 Å². The Morgan fingerprint density at radius 1 is 0.892 bits per heavy atom. The largest absolute Gasteiger partial charge is 0.497 e. The highest BCUT2D eigenvalue weighted by Crippen LogP contribution is 2.56. The Balaban J connectivity index is 2.01. The number of hydrogen-bond donors (Lipinski definition) is 1. The van der Waals surface area contributed by atoms with Gasteiger partial charge in [-0.3, -0.25) is 9.59 Å². The lowest BCUT2D eigenvalue weighted by Crippen LogP contribution is -2.55. The Bertz CT molecular complexity index is 1270. The van der Waals surface area contributed by atoms with Gasteiger partial charge in [-0.05, 0) is 49.2 Å². The van der Waals surface area contributed by atoms with Crippen LogP contribution in [0, 0.1) is 12.8 Å². The van der Waals surface area contributed by atoms with Crippen molar-refractivity contribution in [1.29, 1.82) is 0 Å². The molecule has 1 aliphatic rings. The van der Waals surface area contributed by atoms with Crippen molar-refractivity contribution in [3.05, 3.63) is 101 Å². The van der Waals surface area contributed by atoms with Gasteiger partial charge < -0.3 is 19.5 Å². The van der Waals surface area contributed by atoms with Crippen LogP contribution < -0.4 is 4.74 Å². The lowest BCUT2D eigenvalue weighted by molar-refractivity contribution is -0.159. The van der Waals surface area contributed by atoms with Crippen molar-refractivity contribution >= 4 is 17.7 Å². The molecular formula is C30H31NO6. The van der Waals surface area contributed by atoms with Gasteiger partial charge in [0.1, 0.15) is 17.9 Å². The minimum absolute atomic E-state index is 0.248.